The summed E-state index contributed by atoms with van der Waals surface area (Å²) in [4.78, 5) is 6.45. The lowest BCUT2D eigenvalue weighted by atomic mass is 9.60. The molecule has 8 nitrogen and oxygen atoms in total. The molecule has 1 aliphatic heterocycles. The maximum atomic E-state index is 13.4. The van der Waals surface area contributed by atoms with Gasteiger partial charge in [0.2, 0.25) is 0 Å². The second-order valence-corrected chi connectivity index (χ2v) is 9.96. The predicted octanol–water partition coefficient (Wildman–Crippen LogP) is 1.82. The summed E-state index contributed by atoms with van der Waals surface area (Å²) in [5.41, 5.74) is 1.68. The van der Waals surface area contributed by atoms with Crippen molar-refractivity contribution in [3.05, 3.63) is 23.1 Å². The summed E-state index contributed by atoms with van der Waals surface area (Å²) in [6.45, 7) is 3.05. The number of aromatic nitrogens is 3. The summed E-state index contributed by atoms with van der Waals surface area (Å²) < 4.78 is 52.7. The van der Waals surface area contributed by atoms with Gasteiger partial charge < -0.3 is 4.90 Å². The molecule has 28 heavy (non-hydrogen) atoms. The van der Waals surface area contributed by atoms with Gasteiger partial charge in [-0.2, -0.15) is 17.8 Å². The number of aryl methyl sites for hydroxylation is 1. The first kappa shape index (κ1) is 19.7. The zero-order valence-electron chi connectivity index (χ0n) is 15.4. The molecule has 154 valence electrons. The highest BCUT2D eigenvalue weighted by Crippen LogP contribution is 2.52. The molecule has 4 rings (SSSR count). The Morgan fingerprint density at radius 1 is 1.43 bits per heavy atom. The van der Waals surface area contributed by atoms with Gasteiger partial charge in [-0.15, -0.1) is 0 Å². The monoisotopic (exact) mass is 434 g/mol. The maximum absolute atomic E-state index is 13.4. The van der Waals surface area contributed by atoms with Crippen molar-refractivity contribution in [3.63, 3.8) is 0 Å². The van der Waals surface area contributed by atoms with Gasteiger partial charge in [0.15, 0.2) is 5.82 Å². The highest BCUT2D eigenvalue weighted by Gasteiger charge is 2.56. The Bertz CT molecular complexity index is 1020. The molecular weight excluding hydrogens is 414 g/mol. The SMILES string of the molecule is Cc1cc(Cl)n2ncnc(N3CC4(CC(N(CC(C)(F)F)S(N)(=O)=O)C4)C3)c12. The van der Waals surface area contributed by atoms with E-state index in [0.717, 1.165) is 21.2 Å². The summed E-state index contributed by atoms with van der Waals surface area (Å²) in [5.74, 6) is -2.38. The number of nitrogens with two attached hydrogens (primary N) is 1. The molecule has 3 heterocycles. The minimum absolute atomic E-state index is 0.108. The number of rotatable bonds is 5. The van der Waals surface area contributed by atoms with Gasteiger partial charge in [-0.05, 0) is 31.4 Å². The lowest BCUT2D eigenvalue weighted by molar-refractivity contribution is -0.0416. The molecule has 2 fully saturated rings. The number of hydrogen-bond donors (Lipinski definition) is 1. The zero-order valence-corrected chi connectivity index (χ0v) is 17.0. The minimum Gasteiger partial charge on any atom is -0.354 e. The van der Waals surface area contributed by atoms with E-state index in [9.17, 15) is 17.2 Å². The average molecular weight is 435 g/mol. The van der Waals surface area contributed by atoms with Crippen molar-refractivity contribution in [2.75, 3.05) is 24.5 Å². The molecule has 0 atom stereocenters. The molecule has 0 radical (unpaired) electrons. The van der Waals surface area contributed by atoms with Gasteiger partial charge in [0, 0.05) is 31.5 Å². The number of anilines is 1. The normalized spacial score (nSPS) is 20.0. The third-order valence-electron chi connectivity index (χ3n) is 5.54. The fourth-order valence-electron chi connectivity index (χ4n) is 4.41. The number of hydrogen-bond acceptors (Lipinski definition) is 5. The summed E-state index contributed by atoms with van der Waals surface area (Å²) in [6, 6.07) is 1.32. The van der Waals surface area contributed by atoms with E-state index in [1.54, 1.807) is 4.52 Å². The Labute approximate surface area is 166 Å². The number of alkyl halides is 2. The van der Waals surface area contributed by atoms with E-state index in [0.29, 0.717) is 38.0 Å². The second-order valence-electron chi connectivity index (χ2n) is 8.07. The van der Waals surface area contributed by atoms with E-state index >= 15 is 0 Å². The first-order valence-electron chi connectivity index (χ1n) is 8.80. The van der Waals surface area contributed by atoms with Crippen LogP contribution in [0.5, 0.6) is 0 Å². The number of nitrogens with zero attached hydrogens (tertiary/aromatic N) is 5. The van der Waals surface area contributed by atoms with Crippen molar-refractivity contribution in [2.45, 2.75) is 38.7 Å². The van der Waals surface area contributed by atoms with E-state index < -0.39 is 28.7 Å². The van der Waals surface area contributed by atoms with Crippen molar-refractivity contribution in [2.24, 2.45) is 10.6 Å². The number of halogens is 3. The molecule has 1 spiro atoms. The fourth-order valence-corrected chi connectivity index (χ4v) is 5.67. The van der Waals surface area contributed by atoms with Crippen molar-refractivity contribution in [1.29, 1.82) is 0 Å². The Hall–Kier alpha value is -1.56. The van der Waals surface area contributed by atoms with Gasteiger partial charge in [-0.1, -0.05) is 11.6 Å². The van der Waals surface area contributed by atoms with Crippen LogP contribution in [0.3, 0.4) is 0 Å². The van der Waals surface area contributed by atoms with Gasteiger partial charge >= 0.3 is 0 Å². The van der Waals surface area contributed by atoms with E-state index in [1.165, 1.54) is 6.33 Å². The van der Waals surface area contributed by atoms with E-state index in [1.807, 2.05) is 13.0 Å². The highest BCUT2D eigenvalue weighted by atomic mass is 35.5. The average Bonchev–Trinajstić information content (AvgIpc) is 2.77. The van der Waals surface area contributed by atoms with Crippen molar-refractivity contribution >= 4 is 33.1 Å². The molecule has 2 aromatic heterocycles. The molecule has 1 aliphatic carbocycles. The molecule has 2 aliphatic rings. The van der Waals surface area contributed by atoms with Crippen LogP contribution >= 0.6 is 11.6 Å². The van der Waals surface area contributed by atoms with E-state index in [2.05, 4.69) is 15.0 Å². The van der Waals surface area contributed by atoms with E-state index in [-0.39, 0.29) is 5.41 Å². The molecule has 0 amide bonds. The van der Waals surface area contributed by atoms with Gasteiger partial charge in [0.25, 0.3) is 16.1 Å². The lowest BCUT2D eigenvalue weighted by Crippen LogP contribution is -2.68. The van der Waals surface area contributed by atoms with Crippen LogP contribution in [0, 0.1) is 12.3 Å². The van der Waals surface area contributed by atoms with E-state index in [4.69, 9.17) is 16.7 Å². The van der Waals surface area contributed by atoms with Gasteiger partial charge in [0.1, 0.15) is 17.0 Å². The molecule has 12 heteroatoms. The Kier molecular flexibility index (Phi) is 4.38. The first-order valence-corrected chi connectivity index (χ1v) is 10.7. The highest BCUT2D eigenvalue weighted by molar-refractivity contribution is 7.86. The lowest BCUT2D eigenvalue weighted by Gasteiger charge is -2.60. The smallest absolute Gasteiger partial charge is 0.277 e. The summed E-state index contributed by atoms with van der Waals surface area (Å²) >= 11 is 6.18. The van der Waals surface area contributed by atoms with Crippen LogP contribution in [0.1, 0.15) is 25.3 Å². The minimum atomic E-state index is -4.19. The third-order valence-corrected chi connectivity index (χ3v) is 6.89. The molecule has 1 saturated heterocycles. The number of fused-ring (bicyclic) bond motifs is 1. The van der Waals surface area contributed by atoms with Gasteiger partial charge in [0.05, 0.1) is 6.54 Å². The molecule has 0 aromatic carbocycles. The summed E-state index contributed by atoms with van der Waals surface area (Å²) in [7, 11) is -4.19. The van der Waals surface area contributed by atoms with Crippen molar-refractivity contribution in [3.8, 4) is 0 Å². The molecule has 0 bridgehead atoms. The quantitative estimate of drug-likeness (QED) is 0.774. The molecule has 0 unspecified atom stereocenters. The van der Waals surface area contributed by atoms with Gasteiger partial charge in [-0.25, -0.2) is 23.4 Å². The van der Waals surface area contributed by atoms with Crippen LogP contribution in [0.4, 0.5) is 14.6 Å². The first-order chi connectivity index (χ1) is 12.9. The maximum Gasteiger partial charge on any atom is 0.277 e. The molecule has 1 saturated carbocycles. The predicted molar refractivity (Wildman–Crippen MR) is 101 cm³/mol. The Balaban J connectivity index is 1.47. The Morgan fingerprint density at radius 2 is 2.07 bits per heavy atom. The van der Waals surface area contributed by atoms with Crippen LogP contribution in [0.15, 0.2) is 12.4 Å². The van der Waals surface area contributed by atoms with Crippen LogP contribution < -0.4 is 10.0 Å². The van der Waals surface area contributed by atoms with Crippen molar-refractivity contribution in [1.82, 2.24) is 18.9 Å². The molecule has 2 N–H and O–H groups in total. The molecule has 2 aromatic rings. The Morgan fingerprint density at radius 3 is 2.64 bits per heavy atom. The van der Waals surface area contributed by atoms with Crippen molar-refractivity contribution < 1.29 is 17.2 Å². The van der Waals surface area contributed by atoms with Crippen LogP contribution in [0.2, 0.25) is 5.15 Å². The largest absolute Gasteiger partial charge is 0.354 e. The third kappa shape index (κ3) is 3.34. The molecular formula is C16H21ClF2N6O2S. The van der Waals surface area contributed by atoms with Crippen LogP contribution in [-0.2, 0) is 10.2 Å². The van der Waals surface area contributed by atoms with Crippen LogP contribution in [0.25, 0.3) is 5.52 Å². The fraction of sp³-hybridized carbons (Fsp3) is 0.625. The topological polar surface area (TPSA) is 96.8 Å². The van der Waals surface area contributed by atoms with Gasteiger partial charge in [-0.3, -0.25) is 0 Å². The zero-order chi connectivity index (χ0) is 20.5. The van der Waals surface area contributed by atoms with Crippen LogP contribution in [-0.4, -0.2) is 58.9 Å². The standard InChI is InChI=1S/C16H21ClF2N6O2S/c1-10-3-12(17)25-13(10)14(21-9-22-25)23-7-16(8-23)4-11(5-16)24(28(20,26)27)6-15(2,18)19/h3,9,11H,4-8H2,1-2H3,(H2,20,26,27). The summed E-state index contributed by atoms with van der Waals surface area (Å²) in [5, 5.41) is 9.83. The second kappa shape index (κ2) is 6.22. The summed E-state index contributed by atoms with van der Waals surface area (Å²) in [6.07, 6.45) is 2.44.